The highest BCUT2D eigenvalue weighted by Crippen LogP contribution is 2.29. The Morgan fingerprint density at radius 1 is 1.23 bits per heavy atom. The van der Waals surface area contributed by atoms with E-state index in [1.165, 1.54) is 0 Å². The zero-order chi connectivity index (χ0) is 15.4. The van der Waals surface area contributed by atoms with Gasteiger partial charge >= 0.3 is 0 Å². The molecule has 22 heavy (non-hydrogen) atoms. The first kappa shape index (κ1) is 15.5. The Kier molecular flexibility index (Phi) is 5.11. The molecule has 2 aliphatic rings. The number of amides is 1. The summed E-state index contributed by atoms with van der Waals surface area (Å²) in [5, 5.41) is 0. The highest BCUT2D eigenvalue weighted by atomic mass is 16.5. The highest BCUT2D eigenvalue weighted by molar-refractivity contribution is 5.84. The fourth-order valence-corrected chi connectivity index (χ4v) is 3.69. The number of hydrogen-bond acceptors (Lipinski definition) is 3. The summed E-state index contributed by atoms with van der Waals surface area (Å²) in [6.45, 7) is 6.18. The Morgan fingerprint density at radius 2 is 1.95 bits per heavy atom. The Labute approximate surface area is 133 Å². The Morgan fingerprint density at radius 3 is 2.64 bits per heavy atom. The molecule has 2 fully saturated rings. The average Bonchev–Trinajstić information content (AvgIpc) is 3.06. The zero-order valence-corrected chi connectivity index (χ0v) is 13.4. The van der Waals surface area contributed by atoms with E-state index >= 15 is 0 Å². The molecule has 4 heteroatoms. The lowest BCUT2D eigenvalue weighted by Crippen LogP contribution is -2.48. The predicted octanol–water partition coefficient (Wildman–Crippen LogP) is 2.46. The van der Waals surface area contributed by atoms with Crippen LogP contribution < -0.4 is 0 Å². The first-order chi connectivity index (χ1) is 10.8. The molecule has 0 radical (unpaired) electrons. The third-order valence-electron chi connectivity index (χ3n) is 4.89. The van der Waals surface area contributed by atoms with Crippen molar-refractivity contribution in [3.8, 4) is 0 Å². The van der Waals surface area contributed by atoms with Gasteiger partial charge in [-0.05, 0) is 24.8 Å². The summed E-state index contributed by atoms with van der Waals surface area (Å²) in [5.41, 5.74) is 1.11. The third-order valence-corrected chi connectivity index (χ3v) is 4.89. The first-order valence-electron chi connectivity index (χ1n) is 8.48. The van der Waals surface area contributed by atoms with Crippen LogP contribution in [0.3, 0.4) is 0 Å². The van der Waals surface area contributed by atoms with Gasteiger partial charge in [-0.1, -0.05) is 37.3 Å². The van der Waals surface area contributed by atoms with Crippen molar-refractivity contribution < 1.29 is 9.53 Å². The van der Waals surface area contributed by atoms with E-state index in [1.807, 2.05) is 18.2 Å². The van der Waals surface area contributed by atoms with E-state index in [1.54, 1.807) is 0 Å². The van der Waals surface area contributed by atoms with E-state index in [4.69, 9.17) is 4.74 Å². The van der Waals surface area contributed by atoms with Crippen molar-refractivity contribution in [3.63, 3.8) is 0 Å². The van der Waals surface area contributed by atoms with Crippen LogP contribution in [0.4, 0.5) is 0 Å². The number of benzene rings is 1. The SMILES string of the molecule is CCC1CCCN1C(=O)C(c1ccccc1)N1CCOCC1. The van der Waals surface area contributed by atoms with Gasteiger partial charge in [0, 0.05) is 25.7 Å². The summed E-state index contributed by atoms with van der Waals surface area (Å²) in [6.07, 6.45) is 3.33. The van der Waals surface area contributed by atoms with Crippen LogP contribution in [-0.2, 0) is 9.53 Å². The number of rotatable bonds is 4. The lowest BCUT2D eigenvalue weighted by Gasteiger charge is -2.37. The molecule has 2 unspecified atom stereocenters. The van der Waals surface area contributed by atoms with Gasteiger partial charge < -0.3 is 9.64 Å². The second kappa shape index (κ2) is 7.25. The van der Waals surface area contributed by atoms with Crippen LogP contribution in [0.1, 0.15) is 37.8 Å². The van der Waals surface area contributed by atoms with E-state index in [0.29, 0.717) is 19.3 Å². The van der Waals surface area contributed by atoms with Gasteiger partial charge in [-0.2, -0.15) is 0 Å². The minimum atomic E-state index is -0.155. The maximum absolute atomic E-state index is 13.3. The van der Waals surface area contributed by atoms with Gasteiger partial charge in [0.05, 0.1) is 13.2 Å². The maximum atomic E-state index is 13.3. The van der Waals surface area contributed by atoms with E-state index in [9.17, 15) is 4.79 Å². The van der Waals surface area contributed by atoms with Crippen molar-refractivity contribution in [2.75, 3.05) is 32.8 Å². The second-order valence-electron chi connectivity index (χ2n) is 6.20. The fraction of sp³-hybridized carbons (Fsp3) is 0.611. The molecule has 2 aliphatic heterocycles. The molecule has 1 aromatic rings. The molecule has 0 bridgehead atoms. The van der Waals surface area contributed by atoms with Crippen LogP contribution in [-0.4, -0.2) is 54.6 Å². The van der Waals surface area contributed by atoms with Gasteiger partial charge in [0.25, 0.3) is 0 Å². The van der Waals surface area contributed by atoms with Crippen LogP contribution in [0.2, 0.25) is 0 Å². The number of ether oxygens (including phenoxy) is 1. The van der Waals surface area contributed by atoms with Gasteiger partial charge in [0.2, 0.25) is 5.91 Å². The summed E-state index contributed by atoms with van der Waals surface area (Å²) in [6, 6.07) is 10.5. The molecule has 2 saturated heterocycles. The maximum Gasteiger partial charge on any atom is 0.244 e. The van der Waals surface area contributed by atoms with Crippen molar-refractivity contribution in [1.82, 2.24) is 9.80 Å². The third kappa shape index (κ3) is 3.18. The van der Waals surface area contributed by atoms with Crippen LogP contribution in [0.25, 0.3) is 0 Å². The summed E-state index contributed by atoms with van der Waals surface area (Å²) < 4.78 is 5.47. The summed E-state index contributed by atoms with van der Waals surface area (Å²) in [4.78, 5) is 17.7. The van der Waals surface area contributed by atoms with E-state index < -0.39 is 0 Å². The molecular formula is C18H26N2O2. The molecule has 120 valence electrons. The quantitative estimate of drug-likeness (QED) is 0.856. The molecule has 0 N–H and O–H groups in total. The Hall–Kier alpha value is -1.39. The Balaban J connectivity index is 1.85. The molecule has 1 amide bonds. The lowest BCUT2D eigenvalue weighted by molar-refractivity contribution is -0.140. The number of carbonyl (C=O) groups is 1. The molecule has 4 nitrogen and oxygen atoms in total. The lowest BCUT2D eigenvalue weighted by atomic mass is 10.0. The van der Waals surface area contributed by atoms with Crippen LogP contribution in [0.5, 0.6) is 0 Å². The van der Waals surface area contributed by atoms with Gasteiger partial charge in [0.1, 0.15) is 6.04 Å². The first-order valence-corrected chi connectivity index (χ1v) is 8.48. The van der Waals surface area contributed by atoms with Crippen molar-refractivity contribution in [3.05, 3.63) is 35.9 Å². The normalized spacial score (nSPS) is 24.4. The van der Waals surface area contributed by atoms with E-state index in [2.05, 4.69) is 28.9 Å². The minimum absolute atomic E-state index is 0.155. The monoisotopic (exact) mass is 302 g/mol. The molecule has 0 saturated carbocycles. The minimum Gasteiger partial charge on any atom is -0.379 e. The van der Waals surface area contributed by atoms with Crippen LogP contribution >= 0.6 is 0 Å². The van der Waals surface area contributed by atoms with Gasteiger partial charge in [-0.3, -0.25) is 9.69 Å². The number of hydrogen-bond donors (Lipinski definition) is 0. The summed E-state index contributed by atoms with van der Waals surface area (Å²) in [7, 11) is 0. The average molecular weight is 302 g/mol. The van der Waals surface area contributed by atoms with Crippen molar-refractivity contribution >= 4 is 5.91 Å². The molecule has 2 heterocycles. The molecule has 0 aliphatic carbocycles. The molecule has 0 aromatic heterocycles. The smallest absolute Gasteiger partial charge is 0.244 e. The number of carbonyl (C=O) groups excluding carboxylic acids is 1. The molecule has 1 aromatic carbocycles. The topological polar surface area (TPSA) is 32.8 Å². The summed E-state index contributed by atoms with van der Waals surface area (Å²) in [5.74, 6) is 0.275. The van der Waals surface area contributed by atoms with Crippen LogP contribution in [0.15, 0.2) is 30.3 Å². The predicted molar refractivity (Wildman–Crippen MR) is 86.6 cm³/mol. The van der Waals surface area contributed by atoms with Crippen LogP contribution in [0, 0.1) is 0 Å². The number of morpholine rings is 1. The molecule has 2 atom stereocenters. The molecule has 3 rings (SSSR count). The number of likely N-dealkylation sites (tertiary alicyclic amines) is 1. The van der Waals surface area contributed by atoms with Gasteiger partial charge in [-0.15, -0.1) is 0 Å². The number of nitrogens with zero attached hydrogens (tertiary/aromatic N) is 2. The Bertz CT molecular complexity index is 485. The molecular weight excluding hydrogens is 276 g/mol. The highest BCUT2D eigenvalue weighted by Gasteiger charge is 2.36. The van der Waals surface area contributed by atoms with E-state index in [0.717, 1.165) is 44.5 Å². The standard InChI is InChI=1S/C18H26N2O2/c1-2-16-9-6-10-20(16)18(21)17(15-7-4-3-5-8-15)19-11-13-22-14-12-19/h3-5,7-8,16-17H,2,6,9-14H2,1H3. The summed E-state index contributed by atoms with van der Waals surface area (Å²) >= 11 is 0. The fourth-order valence-electron chi connectivity index (χ4n) is 3.69. The zero-order valence-electron chi connectivity index (χ0n) is 13.4. The van der Waals surface area contributed by atoms with Gasteiger partial charge in [0.15, 0.2) is 0 Å². The van der Waals surface area contributed by atoms with Crippen molar-refractivity contribution in [1.29, 1.82) is 0 Å². The van der Waals surface area contributed by atoms with Crippen molar-refractivity contribution in [2.45, 2.75) is 38.3 Å². The van der Waals surface area contributed by atoms with Gasteiger partial charge in [-0.25, -0.2) is 0 Å². The second-order valence-corrected chi connectivity index (χ2v) is 6.20. The molecule has 0 spiro atoms. The van der Waals surface area contributed by atoms with E-state index in [-0.39, 0.29) is 11.9 Å². The largest absolute Gasteiger partial charge is 0.379 e. The van der Waals surface area contributed by atoms with Crippen molar-refractivity contribution in [2.24, 2.45) is 0 Å².